The van der Waals surface area contributed by atoms with Crippen LogP contribution in [0.5, 0.6) is 0 Å². The van der Waals surface area contributed by atoms with Crippen LogP contribution in [0.3, 0.4) is 0 Å². The van der Waals surface area contributed by atoms with E-state index in [2.05, 4.69) is 9.98 Å². The molecule has 0 aliphatic heterocycles. The Hall–Kier alpha value is -4.58. The minimum atomic E-state index is -0.980. The number of hydrogen-bond acceptors (Lipinski definition) is 4. The van der Waals surface area contributed by atoms with Gasteiger partial charge in [0.1, 0.15) is 0 Å². The Labute approximate surface area is 198 Å². The maximum Gasteiger partial charge on any atom is 0.328 e. The van der Waals surface area contributed by atoms with Crippen molar-refractivity contribution in [3.8, 4) is 0 Å². The summed E-state index contributed by atoms with van der Waals surface area (Å²) in [5.74, 6) is -1.96. The van der Waals surface area contributed by atoms with Crippen LogP contribution >= 0.6 is 0 Å². The van der Waals surface area contributed by atoms with Crippen LogP contribution in [0.2, 0.25) is 0 Å². The zero-order valence-corrected chi connectivity index (χ0v) is 18.8. The normalized spacial score (nSPS) is 11.8. The van der Waals surface area contributed by atoms with E-state index in [1.54, 1.807) is 24.6 Å². The fourth-order valence-corrected chi connectivity index (χ4v) is 3.15. The standard InChI is InChI=1S/C28H24N2O4/c1-19-15-21(9-13-27(31)32)7-11-25(19)29-17-23-3-5-24(6-4-23)18-30-26-12-8-22(16-20(26)2)10-14-28(33)34/h3-18H,1-2H3,(H,31,32)(H,33,34)/b13-9+,14-10+,29-17?,30-18?. The third kappa shape index (κ3) is 7.24. The minimum absolute atomic E-state index is 0.809. The largest absolute Gasteiger partial charge is 0.478 e. The fourth-order valence-electron chi connectivity index (χ4n) is 3.15. The number of hydrogen-bond donors (Lipinski definition) is 2. The molecule has 0 radical (unpaired) electrons. The number of nitrogens with zero attached hydrogens (tertiary/aromatic N) is 2. The fraction of sp³-hybridized carbons (Fsp3) is 0.0714. The summed E-state index contributed by atoms with van der Waals surface area (Å²) in [6.07, 6.45) is 8.88. The molecule has 2 N–H and O–H groups in total. The summed E-state index contributed by atoms with van der Waals surface area (Å²) in [6, 6.07) is 19.0. The Balaban J connectivity index is 1.66. The Morgan fingerprint density at radius 3 is 1.29 bits per heavy atom. The smallest absolute Gasteiger partial charge is 0.328 e. The van der Waals surface area contributed by atoms with E-state index in [0.29, 0.717) is 0 Å². The van der Waals surface area contributed by atoms with Gasteiger partial charge in [0.2, 0.25) is 0 Å². The summed E-state index contributed by atoms with van der Waals surface area (Å²) in [6.45, 7) is 3.86. The maximum atomic E-state index is 10.7. The van der Waals surface area contributed by atoms with E-state index in [9.17, 15) is 9.59 Å². The summed E-state index contributed by atoms with van der Waals surface area (Å²) in [4.78, 5) is 30.4. The minimum Gasteiger partial charge on any atom is -0.478 e. The molecular formula is C28H24N2O4. The van der Waals surface area contributed by atoms with E-state index >= 15 is 0 Å². The summed E-state index contributed by atoms with van der Waals surface area (Å²) >= 11 is 0. The van der Waals surface area contributed by atoms with Crippen molar-refractivity contribution in [3.63, 3.8) is 0 Å². The number of aliphatic imine (C=N–C) groups is 2. The molecule has 6 nitrogen and oxygen atoms in total. The van der Waals surface area contributed by atoms with Crippen molar-refractivity contribution in [1.82, 2.24) is 0 Å². The van der Waals surface area contributed by atoms with Gasteiger partial charge in [-0.05, 0) is 83.6 Å². The predicted octanol–water partition coefficient (Wildman–Crippen LogP) is 6.00. The van der Waals surface area contributed by atoms with Gasteiger partial charge in [-0.15, -0.1) is 0 Å². The molecule has 170 valence electrons. The van der Waals surface area contributed by atoms with Crippen LogP contribution in [0.1, 0.15) is 33.4 Å². The Kier molecular flexibility index (Phi) is 8.02. The molecule has 0 bridgehead atoms. The van der Waals surface area contributed by atoms with E-state index in [0.717, 1.165) is 56.9 Å². The van der Waals surface area contributed by atoms with Gasteiger partial charge < -0.3 is 10.2 Å². The van der Waals surface area contributed by atoms with Gasteiger partial charge in [0.25, 0.3) is 0 Å². The lowest BCUT2D eigenvalue weighted by molar-refractivity contribution is -0.132. The molecule has 3 aromatic rings. The first-order chi connectivity index (χ1) is 16.3. The summed E-state index contributed by atoms with van der Waals surface area (Å²) in [5.41, 5.74) is 7.03. The number of benzene rings is 3. The zero-order valence-electron chi connectivity index (χ0n) is 18.8. The molecule has 3 aromatic carbocycles. The number of carbonyl (C=O) groups is 2. The van der Waals surface area contributed by atoms with Gasteiger partial charge in [0.15, 0.2) is 0 Å². The Morgan fingerprint density at radius 1 is 0.618 bits per heavy atom. The Bertz CT molecular complexity index is 1210. The molecular weight excluding hydrogens is 428 g/mol. The maximum absolute atomic E-state index is 10.7. The third-order valence-electron chi connectivity index (χ3n) is 4.92. The second-order valence-corrected chi connectivity index (χ2v) is 7.62. The second kappa shape index (κ2) is 11.3. The number of carboxylic acids is 2. The summed E-state index contributed by atoms with van der Waals surface area (Å²) in [5, 5.41) is 17.5. The van der Waals surface area contributed by atoms with Gasteiger partial charge in [0.05, 0.1) is 11.4 Å². The molecule has 0 amide bonds. The van der Waals surface area contributed by atoms with Crippen molar-refractivity contribution < 1.29 is 19.8 Å². The topological polar surface area (TPSA) is 99.3 Å². The molecule has 0 heterocycles. The van der Waals surface area contributed by atoms with Crippen molar-refractivity contribution in [1.29, 1.82) is 0 Å². The molecule has 0 aromatic heterocycles. The third-order valence-corrected chi connectivity index (χ3v) is 4.92. The molecule has 0 saturated heterocycles. The summed E-state index contributed by atoms with van der Waals surface area (Å²) < 4.78 is 0. The van der Waals surface area contributed by atoms with E-state index in [1.165, 1.54) is 0 Å². The van der Waals surface area contributed by atoms with Crippen molar-refractivity contribution in [3.05, 3.63) is 106 Å². The lowest BCUT2D eigenvalue weighted by atomic mass is 10.1. The number of aryl methyl sites for hydroxylation is 2. The molecule has 0 unspecified atom stereocenters. The average molecular weight is 453 g/mol. The van der Waals surface area contributed by atoms with Crippen LogP contribution in [0.15, 0.2) is 82.8 Å². The molecule has 0 aliphatic carbocycles. The molecule has 0 saturated carbocycles. The van der Waals surface area contributed by atoms with Gasteiger partial charge >= 0.3 is 11.9 Å². The molecule has 0 aliphatic rings. The van der Waals surface area contributed by atoms with Crippen LogP contribution in [-0.2, 0) is 9.59 Å². The molecule has 0 atom stereocenters. The van der Waals surface area contributed by atoms with Gasteiger partial charge in [-0.3, -0.25) is 9.98 Å². The molecule has 0 fully saturated rings. The van der Waals surface area contributed by atoms with Gasteiger partial charge in [-0.1, -0.05) is 36.4 Å². The van der Waals surface area contributed by atoms with Gasteiger partial charge in [-0.2, -0.15) is 0 Å². The monoisotopic (exact) mass is 452 g/mol. The van der Waals surface area contributed by atoms with E-state index in [-0.39, 0.29) is 0 Å². The van der Waals surface area contributed by atoms with Crippen LogP contribution in [-0.4, -0.2) is 34.6 Å². The number of carboxylic acid groups (broad SMARTS) is 2. The van der Waals surface area contributed by atoms with Crippen molar-refractivity contribution >= 4 is 47.9 Å². The van der Waals surface area contributed by atoms with Crippen LogP contribution in [0, 0.1) is 13.8 Å². The quantitative estimate of drug-likeness (QED) is 0.323. The summed E-state index contributed by atoms with van der Waals surface area (Å²) in [7, 11) is 0. The molecule has 3 rings (SSSR count). The highest BCUT2D eigenvalue weighted by Crippen LogP contribution is 2.22. The van der Waals surface area contributed by atoms with Crippen molar-refractivity contribution in [2.24, 2.45) is 9.98 Å². The highest BCUT2D eigenvalue weighted by atomic mass is 16.4. The molecule has 34 heavy (non-hydrogen) atoms. The van der Waals surface area contributed by atoms with Crippen LogP contribution < -0.4 is 0 Å². The lowest BCUT2D eigenvalue weighted by Crippen LogP contribution is -1.87. The zero-order chi connectivity index (χ0) is 24.5. The van der Waals surface area contributed by atoms with Gasteiger partial charge in [0, 0.05) is 24.6 Å². The number of aliphatic carboxylic acids is 2. The van der Waals surface area contributed by atoms with Gasteiger partial charge in [-0.25, -0.2) is 9.59 Å². The molecule has 6 heteroatoms. The van der Waals surface area contributed by atoms with E-state index < -0.39 is 11.9 Å². The average Bonchev–Trinajstić information content (AvgIpc) is 2.81. The van der Waals surface area contributed by atoms with Crippen LogP contribution in [0.4, 0.5) is 11.4 Å². The Morgan fingerprint density at radius 2 is 0.971 bits per heavy atom. The van der Waals surface area contributed by atoms with Crippen molar-refractivity contribution in [2.75, 3.05) is 0 Å². The second-order valence-electron chi connectivity index (χ2n) is 7.62. The SMILES string of the molecule is Cc1cc(/C=C/C(=O)O)ccc1N=Cc1ccc(C=Nc2ccc(/C=C/C(=O)O)cc2C)cc1. The van der Waals surface area contributed by atoms with Crippen molar-refractivity contribution in [2.45, 2.75) is 13.8 Å². The first-order valence-electron chi connectivity index (χ1n) is 10.5. The first-order valence-corrected chi connectivity index (χ1v) is 10.5. The number of rotatable bonds is 8. The van der Waals surface area contributed by atoms with E-state index in [4.69, 9.17) is 10.2 Å². The molecule has 0 spiro atoms. The van der Waals surface area contributed by atoms with E-state index in [1.807, 2.05) is 74.5 Å². The van der Waals surface area contributed by atoms with Crippen LogP contribution in [0.25, 0.3) is 12.2 Å². The lowest BCUT2D eigenvalue weighted by Gasteiger charge is -2.03. The highest BCUT2D eigenvalue weighted by molar-refractivity contribution is 5.88. The highest BCUT2D eigenvalue weighted by Gasteiger charge is 2.00. The first kappa shape index (κ1) is 24.1. The predicted molar refractivity (Wildman–Crippen MR) is 137 cm³/mol.